The predicted octanol–water partition coefficient (Wildman–Crippen LogP) is 3.38. The van der Waals surface area contributed by atoms with Crippen LogP contribution in [-0.2, 0) is 9.53 Å². The molecular weight excluding hydrogens is 212 g/mol. The lowest BCUT2D eigenvalue weighted by Gasteiger charge is -2.45. The van der Waals surface area contributed by atoms with E-state index in [1.165, 1.54) is 30.4 Å². The lowest BCUT2D eigenvalue weighted by molar-refractivity contribution is -0.138. The van der Waals surface area contributed by atoms with Crippen LogP contribution in [0.5, 0.6) is 0 Å². The van der Waals surface area contributed by atoms with Crippen LogP contribution in [0.1, 0.15) is 46.0 Å². The number of carbonyl (C=O) groups is 1. The average Bonchev–Trinajstić information content (AvgIpc) is 2.54. The zero-order valence-electron chi connectivity index (χ0n) is 10.7. The van der Waals surface area contributed by atoms with Crippen LogP contribution in [-0.4, -0.2) is 12.1 Å². The Balaban J connectivity index is 2.06. The third-order valence-electron chi connectivity index (χ3n) is 4.99. The minimum atomic E-state index is -0.171. The van der Waals surface area contributed by atoms with Crippen LogP contribution in [0.3, 0.4) is 0 Å². The SMILES string of the molecule is C=C1C(=O)O[C@H]2C3=C(C)CCC[C@@]3(C)CC[C@H]12. The molecule has 1 saturated carbocycles. The number of esters is 1. The zero-order chi connectivity index (χ0) is 12.2. The van der Waals surface area contributed by atoms with Gasteiger partial charge in [0.25, 0.3) is 0 Å². The number of allylic oxidation sites excluding steroid dienone is 1. The topological polar surface area (TPSA) is 26.3 Å². The van der Waals surface area contributed by atoms with Crippen LogP contribution in [0.2, 0.25) is 0 Å². The molecule has 3 aliphatic rings. The highest BCUT2D eigenvalue weighted by atomic mass is 16.6. The molecule has 0 spiro atoms. The van der Waals surface area contributed by atoms with Crippen molar-refractivity contribution in [1.29, 1.82) is 0 Å². The van der Waals surface area contributed by atoms with Gasteiger partial charge in [0.05, 0.1) is 0 Å². The summed E-state index contributed by atoms with van der Waals surface area (Å²) in [6.45, 7) is 8.46. The standard InChI is InChI=1S/C15H20O2/c1-9-5-4-7-15(3)8-6-11-10(2)14(16)17-13(11)12(9)15/h11,13H,2,4-8H2,1,3H3/t11-,13-,15+/m1/s1. The van der Waals surface area contributed by atoms with Gasteiger partial charge < -0.3 is 4.74 Å². The van der Waals surface area contributed by atoms with Crippen molar-refractivity contribution in [3.63, 3.8) is 0 Å². The maximum atomic E-state index is 11.7. The van der Waals surface area contributed by atoms with Crippen molar-refractivity contribution in [2.75, 3.05) is 0 Å². The second kappa shape index (κ2) is 3.47. The average molecular weight is 232 g/mol. The number of hydrogen-bond acceptors (Lipinski definition) is 2. The molecule has 0 aromatic carbocycles. The van der Waals surface area contributed by atoms with Gasteiger partial charge in [0.15, 0.2) is 0 Å². The third-order valence-corrected chi connectivity index (χ3v) is 4.99. The van der Waals surface area contributed by atoms with E-state index in [0.717, 1.165) is 12.8 Å². The van der Waals surface area contributed by atoms with Crippen molar-refractivity contribution in [2.24, 2.45) is 11.3 Å². The van der Waals surface area contributed by atoms with Crippen LogP contribution in [0.25, 0.3) is 0 Å². The van der Waals surface area contributed by atoms with Crippen molar-refractivity contribution in [3.05, 3.63) is 23.3 Å². The number of carbonyl (C=O) groups excluding carboxylic acids is 1. The summed E-state index contributed by atoms with van der Waals surface area (Å²) >= 11 is 0. The fraction of sp³-hybridized carbons (Fsp3) is 0.667. The summed E-state index contributed by atoms with van der Waals surface area (Å²) in [6, 6.07) is 0. The quantitative estimate of drug-likeness (QED) is 0.363. The van der Waals surface area contributed by atoms with Gasteiger partial charge in [-0.2, -0.15) is 0 Å². The van der Waals surface area contributed by atoms with E-state index in [9.17, 15) is 4.79 Å². The van der Waals surface area contributed by atoms with Crippen molar-refractivity contribution in [2.45, 2.75) is 52.1 Å². The monoisotopic (exact) mass is 232 g/mol. The smallest absolute Gasteiger partial charge is 0.334 e. The van der Waals surface area contributed by atoms with Crippen molar-refractivity contribution in [1.82, 2.24) is 0 Å². The second-order valence-electron chi connectivity index (χ2n) is 6.10. The predicted molar refractivity (Wildman–Crippen MR) is 66.4 cm³/mol. The van der Waals surface area contributed by atoms with Crippen LogP contribution < -0.4 is 0 Å². The Morgan fingerprint density at radius 3 is 2.94 bits per heavy atom. The van der Waals surface area contributed by atoms with Crippen molar-refractivity contribution in [3.8, 4) is 0 Å². The molecular formula is C15H20O2. The van der Waals surface area contributed by atoms with E-state index >= 15 is 0 Å². The first-order valence-corrected chi connectivity index (χ1v) is 6.63. The Morgan fingerprint density at radius 2 is 2.18 bits per heavy atom. The molecule has 0 bridgehead atoms. The van der Waals surface area contributed by atoms with Gasteiger partial charge in [-0.05, 0) is 50.0 Å². The van der Waals surface area contributed by atoms with E-state index in [1.807, 2.05) is 0 Å². The van der Waals surface area contributed by atoms with E-state index < -0.39 is 0 Å². The van der Waals surface area contributed by atoms with E-state index in [1.54, 1.807) is 0 Å². The maximum absolute atomic E-state index is 11.7. The van der Waals surface area contributed by atoms with E-state index in [2.05, 4.69) is 20.4 Å². The van der Waals surface area contributed by atoms with Crippen molar-refractivity contribution >= 4 is 5.97 Å². The fourth-order valence-corrected chi connectivity index (χ4v) is 4.04. The molecule has 92 valence electrons. The summed E-state index contributed by atoms with van der Waals surface area (Å²) in [4.78, 5) is 11.7. The molecule has 3 rings (SSSR count). The molecule has 1 heterocycles. The van der Waals surface area contributed by atoms with Crippen molar-refractivity contribution < 1.29 is 9.53 Å². The first-order valence-electron chi connectivity index (χ1n) is 6.63. The van der Waals surface area contributed by atoms with Gasteiger partial charge in [-0.3, -0.25) is 0 Å². The highest BCUT2D eigenvalue weighted by Crippen LogP contribution is 2.55. The molecule has 17 heavy (non-hydrogen) atoms. The summed E-state index contributed by atoms with van der Waals surface area (Å²) in [5, 5.41) is 0. The Morgan fingerprint density at radius 1 is 1.41 bits per heavy atom. The Labute approximate surface area is 103 Å². The summed E-state index contributed by atoms with van der Waals surface area (Å²) in [6.07, 6.45) is 5.93. The minimum absolute atomic E-state index is 0.00838. The van der Waals surface area contributed by atoms with Crippen LogP contribution in [0.15, 0.2) is 23.3 Å². The first kappa shape index (κ1) is 11.1. The molecule has 3 atom stereocenters. The summed E-state index contributed by atoms with van der Waals surface area (Å²) < 4.78 is 5.59. The third kappa shape index (κ3) is 1.42. The number of ether oxygens (including phenoxy) is 1. The van der Waals surface area contributed by atoms with E-state index in [0.29, 0.717) is 5.57 Å². The molecule has 2 heteroatoms. The molecule has 0 aromatic heterocycles. The van der Waals surface area contributed by atoms with Gasteiger partial charge in [-0.25, -0.2) is 4.79 Å². The van der Waals surface area contributed by atoms with E-state index in [4.69, 9.17) is 4.74 Å². The lowest BCUT2D eigenvalue weighted by Crippen LogP contribution is -2.39. The van der Waals surface area contributed by atoms with Crippen LogP contribution in [0.4, 0.5) is 0 Å². The fourth-order valence-electron chi connectivity index (χ4n) is 4.04. The Kier molecular flexibility index (Phi) is 2.26. The molecule has 0 aromatic rings. The van der Waals surface area contributed by atoms with Gasteiger partial charge >= 0.3 is 5.97 Å². The summed E-state index contributed by atoms with van der Waals surface area (Å²) in [5.41, 5.74) is 3.85. The normalized spacial score (nSPS) is 41.1. The number of rotatable bonds is 0. The van der Waals surface area contributed by atoms with Gasteiger partial charge in [-0.1, -0.05) is 19.1 Å². The summed E-state index contributed by atoms with van der Waals surface area (Å²) in [5.74, 6) is 0.0775. The Bertz CT molecular complexity index is 432. The van der Waals surface area contributed by atoms with Crippen LogP contribution >= 0.6 is 0 Å². The second-order valence-corrected chi connectivity index (χ2v) is 6.10. The maximum Gasteiger partial charge on any atom is 0.334 e. The number of fused-ring (bicyclic) bond motifs is 3. The first-order chi connectivity index (χ1) is 8.03. The van der Waals surface area contributed by atoms with Gasteiger partial charge in [0.1, 0.15) is 6.10 Å². The molecule has 1 aliphatic heterocycles. The molecule has 2 fully saturated rings. The molecule has 0 N–H and O–H groups in total. The molecule has 2 aliphatic carbocycles. The summed E-state index contributed by atoms with van der Waals surface area (Å²) in [7, 11) is 0. The Hall–Kier alpha value is -1.05. The van der Waals surface area contributed by atoms with Crippen LogP contribution in [0, 0.1) is 11.3 Å². The largest absolute Gasteiger partial charge is 0.454 e. The molecule has 1 saturated heterocycles. The lowest BCUT2D eigenvalue weighted by atomic mass is 9.60. The molecule has 0 unspecified atom stereocenters. The zero-order valence-corrected chi connectivity index (χ0v) is 10.7. The van der Waals surface area contributed by atoms with Gasteiger partial charge in [0.2, 0.25) is 0 Å². The van der Waals surface area contributed by atoms with Gasteiger partial charge in [0, 0.05) is 11.5 Å². The minimum Gasteiger partial charge on any atom is -0.454 e. The van der Waals surface area contributed by atoms with Gasteiger partial charge in [-0.15, -0.1) is 0 Å². The number of hydrogen-bond donors (Lipinski definition) is 0. The molecule has 0 radical (unpaired) electrons. The highest BCUT2D eigenvalue weighted by molar-refractivity contribution is 5.91. The molecule has 0 amide bonds. The van der Waals surface area contributed by atoms with E-state index in [-0.39, 0.29) is 23.4 Å². The highest BCUT2D eigenvalue weighted by Gasteiger charge is 2.51. The molecule has 2 nitrogen and oxygen atoms in total.